The smallest absolute Gasteiger partial charge is 0.410 e. The molecule has 2 aliphatic rings. The van der Waals surface area contributed by atoms with Crippen LogP contribution in [-0.4, -0.2) is 71.7 Å². The average Bonchev–Trinajstić information content (AvgIpc) is 2.53. The first kappa shape index (κ1) is 17.2. The van der Waals surface area contributed by atoms with Gasteiger partial charge in [-0.25, -0.2) is 4.79 Å². The van der Waals surface area contributed by atoms with E-state index in [0.717, 1.165) is 45.8 Å². The number of carbonyl (C=O) groups excluding carboxylic acids is 1. The monoisotopic (exact) mass is 331 g/mol. The van der Waals surface area contributed by atoms with E-state index in [-0.39, 0.29) is 6.09 Å². The normalized spacial score (nSPS) is 23.0. The molecule has 24 heavy (non-hydrogen) atoms. The highest BCUT2D eigenvalue weighted by molar-refractivity contribution is 5.68. The lowest BCUT2D eigenvalue weighted by Gasteiger charge is -2.47. The Hall–Kier alpha value is -1.59. The highest BCUT2D eigenvalue weighted by Gasteiger charge is 2.35. The number of amides is 1. The molecule has 0 bridgehead atoms. The fourth-order valence-corrected chi connectivity index (χ4v) is 3.50. The maximum absolute atomic E-state index is 12.3. The summed E-state index contributed by atoms with van der Waals surface area (Å²) in [4.78, 5) is 19.2. The van der Waals surface area contributed by atoms with Crippen molar-refractivity contribution in [3.05, 3.63) is 35.9 Å². The maximum Gasteiger partial charge on any atom is 0.410 e. The number of piperazine rings is 2. The van der Waals surface area contributed by atoms with Crippen molar-refractivity contribution in [1.29, 1.82) is 0 Å². The number of hydrogen-bond acceptors (Lipinski definition) is 4. The Morgan fingerprint density at radius 2 is 1.79 bits per heavy atom. The third-order valence-electron chi connectivity index (χ3n) is 4.68. The molecule has 132 valence electrons. The van der Waals surface area contributed by atoms with Gasteiger partial charge in [0.15, 0.2) is 0 Å². The van der Waals surface area contributed by atoms with Gasteiger partial charge in [0.1, 0.15) is 5.60 Å². The SMILES string of the molecule is CC(C)(C)OC(=O)N1CCN2CCN(Cc3ccccc3)C[C@@H]2C1. The summed E-state index contributed by atoms with van der Waals surface area (Å²) in [5.74, 6) is 0. The largest absolute Gasteiger partial charge is 0.444 e. The Balaban J connectivity index is 1.56. The molecule has 5 nitrogen and oxygen atoms in total. The lowest BCUT2D eigenvalue weighted by molar-refractivity contribution is -0.0160. The van der Waals surface area contributed by atoms with E-state index in [2.05, 4.69) is 40.1 Å². The van der Waals surface area contributed by atoms with Gasteiger partial charge in [0.05, 0.1) is 0 Å². The van der Waals surface area contributed by atoms with Crippen molar-refractivity contribution < 1.29 is 9.53 Å². The summed E-state index contributed by atoms with van der Waals surface area (Å²) in [5.41, 5.74) is 0.922. The molecule has 2 heterocycles. The first-order valence-electron chi connectivity index (χ1n) is 8.89. The van der Waals surface area contributed by atoms with Crippen LogP contribution in [0.2, 0.25) is 0 Å². The molecule has 0 spiro atoms. The molecule has 0 N–H and O–H groups in total. The van der Waals surface area contributed by atoms with E-state index < -0.39 is 5.60 Å². The maximum atomic E-state index is 12.3. The minimum absolute atomic E-state index is 0.178. The second-order valence-electron chi connectivity index (χ2n) is 7.84. The predicted octanol–water partition coefficient (Wildman–Crippen LogP) is 2.42. The van der Waals surface area contributed by atoms with Crippen molar-refractivity contribution in [2.75, 3.05) is 39.3 Å². The van der Waals surface area contributed by atoms with Gasteiger partial charge >= 0.3 is 6.09 Å². The summed E-state index contributed by atoms with van der Waals surface area (Å²) < 4.78 is 5.53. The number of carbonyl (C=O) groups is 1. The van der Waals surface area contributed by atoms with E-state index in [1.807, 2.05) is 25.7 Å². The summed E-state index contributed by atoms with van der Waals surface area (Å²) in [6.07, 6.45) is -0.178. The van der Waals surface area contributed by atoms with Gasteiger partial charge in [-0.1, -0.05) is 30.3 Å². The molecule has 0 aromatic heterocycles. The lowest BCUT2D eigenvalue weighted by Crippen LogP contribution is -2.62. The molecule has 1 amide bonds. The zero-order valence-electron chi connectivity index (χ0n) is 15.1. The first-order valence-corrected chi connectivity index (χ1v) is 8.89. The molecule has 3 rings (SSSR count). The molecule has 0 unspecified atom stereocenters. The van der Waals surface area contributed by atoms with Gasteiger partial charge in [0.25, 0.3) is 0 Å². The number of ether oxygens (including phenoxy) is 1. The van der Waals surface area contributed by atoms with Crippen molar-refractivity contribution in [2.24, 2.45) is 0 Å². The quantitative estimate of drug-likeness (QED) is 0.834. The minimum atomic E-state index is -0.430. The van der Waals surface area contributed by atoms with Gasteiger partial charge in [-0.2, -0.15) is 0 Å². The second kappa shape index (κ2) is 7.11. The summed E-state index contributed by atoms with van der Waals surface area (Å²) in [6.45, 7) is 12.4. The zero-order valence-corrected chi connectivity index (χ0v) is 15.1. The lowest BCUT2D eigenvalue weighted by atomic mass is 10.1. The zero-order chi connectivity index (χ0) is 17.2. The molecule has 1 aromatic rings. The van der Waals surface area contributed by atoms with Crippen molar-refractivity contribution in [3.63, 3.8) is 0 Å². The average molecular weight is 331 g/mol. The standard InChI is InChI=1S/C19H29N3O2/c1-19(2,3)24-18(23)22-12-11-21-10-9-20(14-17(21)15-22)13-16-7-5-4-6-8-16/h4-8,17H,9-15H2,1-3H3/t17-/m1/s1. The Morgan fingerprint density at radius 1 is 1.08 bits per heavy atom. The van der Waals surface area contributed by atoms with E-state index in [1.54, 1.807) is 0 Å². The van der Waals surface area contributed by atoms with E-state index in [1.165, 1.54) is 5.56 Å². The van der Waals surface area contributed by atoms with Crippen LogP contribution in [0.3, 0.4) is 0 Å². The minimum Gasteiger partial charge on any atom is -0.444 e. The third-order valence-corrected chi connectivity index (χ3v) is 4.68. The van der Waals surface area contributed by atoms with Crippen molar-refractivity contribution >= 4 is 6.09 Å². The number of fused-ring (bicyclic) bond motifs is 1. The van der Waals surface area contributed by atoms with Crippen LogP contribution in [0.25, 0.3) is 0 Å². The highest BCUT2D eigenvalue weighted by Crippen LogP contribution is 2.19. The first-order chi connectivity index (χ1) is 11.4. The molecule has 2 saturated heterocycles. The molecule has 1 aromatic carbocycles. The molecule has 2 aliphatic heterocycles. The summed E-state index contributed by atoms with van der Waals surface area (Å²) >= 11 is 0. The van der Waals surface area contributed by atoms with Crippen LogP contribution >= 0.6 is 0 Å². The van der Waals surface area contributed by atoms with Crippen LogP contribution in [0.4, 0.5) is 4.79 Å². The van der Waals surface area contributed by atoms with Gasteiger partial charge < -0.3 is 9.64 Å². The van der Waals surface area contributed by atoms with Crippen molar-refractivity contribution in [1.82, 2.24) is 14.7 Å². The molecular weight excluding hydrogens is 302 g/mol. The molecule has 0 saturated carbocycles. The predicted molar refractivity (Wildman–Crippen MR) is 94.9 cm³/mol. The Morgan fingerprint density at radius 3 is 2.50 bits per heavy atom. The third kappa shape index (κ3) is 4.48. The Bertz CT molecular complexity index is 555. The van der Waals surface area contributed by atoms with Crippen LogP contribution in [0.5, 0.6) is 0 Å². The molecule has 1 atom stereocenters. The summed E-state index contributed by atoms with van der Waals surface area (Å²) in [5, 5.41) is 0. The molecule has 0 radical (unpaired) electrons. The van der Waals surface area contributed by atoms with Crippen LogP contribution in [0.1, 0.15) is 26.3 Å². The van der Waals surface area contributed by atoms with Crippen LogP contribution in [0.15, 0.2) is 30.3 Å². The molecular formula is C19H29N3O2. The van der Waals surface area contributed by atoms with Gasteiger partial charge in [-0.05, 0) is 26.3 Å². The summed E-state index contributed by atoms with van der Waals surface area (Å²) in [6, 6.07) is 11.0. The van der Waals surface area contributed by atoms with Crippen molar-refractivity contribution in [3.8, 4) is 0 Å². The fourth-order valence-electron chi connectivity index (χ4n) is 3.50. The number of benzene rings is 1. The van der Waals surface area contributed by atoms with Gasteiger partial charge in [0, 0.05) is 51.9 Å². The van der Waals surface area contributed by atoms with E-state index >= 15 is 0 Å². The van der Waals surface area contributed by atoms with E-state index in [4.69, 9.17) is 4.74 Å². The van der Waals surface area contributed by atoms with Gasteiger partial charge in [0.2, 0.25) is 0 Å². The van der Waals surface area contributed by atoms with Gasteiger partial charge in [-0.3, -0.25) is 9.80 Å². The Kier molecular flexibility index (Phi) is 5.11. The van der Waals surface area contributed by atoms with Gasteiger partial charge in [-0.15, -0.1) is 0 Å². The van der Waals surface area contributed by atoms with E-state index in [9.17, 15) is 4.79 Å². The second-order valence-corrected chi connectivity index (χ2v) is 7.84. The topological polar surface area (TPSA) is 36.0 Å². The highest BCUT2D eigenvalue weighted by atomic mass is 16.6. The molecule has 5 heteroatoms. The molecule has 0 aliphatic carbocycles. The van der Waals surface area contributed by atoms with Crippen LogP contribution in [-0.2, 0) is 11.3 Å². The number of nitrogens with zero attached hydrogens (tertiary/aromatic N) is 3. The van der Waals surface area contributed by atoms with Crippen molar-refractivity contribution in [2.45, 2.75) is 39.0 Å². The van der Waals surface area contributed by atoms with E-state index in [0.29, 0.717) is 6.04 Å². The Labute approximate surface area is 145 Å². The molecule has 2 fully saturated rings. The fraction of sp³-hybridized carbons (Fsp3) is 0.632. The summed E-state index contributed by atoms with van der Waals surface area (Å²) in [7, 11) is 0. The van der Waals surface area contributed by atoms with Crippen LogP contribution in [0, 0.1) is 0 Å². The van der Waals surface area contributed by atoms with Crippen LogP contribution < -0.4 is 0 Å². The number of hydrogen-bond donors (Lipinski definition) is 0. The number of rotatable bonds is 2.